The Hall–Kier alpha value is -2.61. The molecule has 124 valence electrons. The first-order chi connectivity index (χ1) is 11.6. The molecule has 0 aliphatic rings. The number of pyridine rings is 1. The number of ether oxygens (including phenoxy) is 2. The molecule has 0 saturated heterocycles. The maximum absolute atomic E-state index is 12.6. The lowest BCUT2D eigenvalue weighted by Gasteiger charge is -2.12. The van der Waals surface area contributed by atoms with Crippen molar-refractivity contribution in [3.63, 3.8) is 0 Å². The Bertz CT molecular complexity index is 894. The van der Waals surface area contributed by atoms with Crippen LogP contribution in [-0.2, 0) is 6.54 Å². The summed E-state index contributed by atoms with van der Waals surface area (Å²) in [4.78, 5) is 12.6. The highest BCUT2D eigenvalue weighted by Gasteiger charge is 2.18. The second-order valence-corrected chi connectivity index (χ2v) is 5.77. The highest BCUT2D eigenvalue weighted by molar-refractivity contribution is 9.10. The third-order valence-corrected chi connectivity index (χ3v) is 4.08. The second kappa shape index (κ2) is 6.88. The van der Waals surface area contributed by atoms with Gasteiger partial charge in [-0.1, -0.05) is 6.07 Å². The fraction of sp³-hybridized carbons (Fsp3) is 0.188. The number of methoxy groups -OCH3 is 2. The molecule has 7 nitrogen and oxygen atoms in total. The summed E-state index contributed by atoms with van der Waals surface area (Å²) in [7, 11) is 3.05. The zero-order chi connectivity index (χ0) is 17.1. The van der Waals surface area contributed by atoms with Crippen LogP contribution < -0.4 is 14.8 Å². The summed E-state index contributed by atoms with van der Waals surface area (Å²) in [5, 5.41) is 11.0. The predicted molar refractivity (Wildman–Crippen MR) is 91.4 cm³/mol. The Kier molecular flexibility index (Phi) is 4.66. The Morgan fingerprint density at radius 2 is 2.08 bits per heavy atom. The van der Waals surface area contributed by atoms with E-state index in [0.717, 1.165) is 5.65 Å². The third-order valence-electron chi connectivity index (χ3n) is 3.49. The summed E-state index contributed by atoms with van der Waals surface area (Å²) in [6.07, 6.45) is 1.85. The zero-order valence-corrected chi connectivity index (χ0v) is 14.7. The van der Waals surface area contributed by atoms with Crippen LogP contribution in [0.2, 0.25) is 0 Å². The molecule has 0 unspecified atom stereocenters. The van der Waals surface area contributed by atoms with Crippen LogP contribution in [-0.4, -0.2) is 34.7 Å². The number of carbonyl (C=O) groups is 1. The monoisotopic (exact) mass is 390 g/mol. The average molecular weight is 391 g/mol. The van der Waals surface area contributed by atoms with Crippen molar-refractivity contribution in [2.45, 2.75) is 6.54 Å². The first-order valence-corrected chi connectivity index (χ1v) is 7.91. The van der Waals surface area contributed by atoms with Crippen molar-refractivity contribution in [3.8, 4) is 11.5 Å². The van der Waals surface area contributed by atoms with Crippen LogP contribution in [0, 0.1) is 0 Å². The molecule has 0 fully saturated rings. The zero-order valence-electron chi connectivity index (χ0n) is 13.1. The number of nitrogens with one attached hydrogen (secondary N) is 1. The van der Waals surface area contributed by atoms with E-state index in [2.05, 4.69) is 31.4 Å². The molecule has 0 saturated carbocycles. The van der Waals surface area contributed by atoms with Crippen molar-refractivity contribution in [2.75, 3.05) is 14.2 Å². The van der Waals surface area contributed by atoms with E-state index in [1.807, 2.05) is 28.8 Å². The molecule has 2 heterocycles. The van der Waals surface area contributed by atoms with Crippen molar-refractivity contribution >= 4 is 27.5 Å². The fourth-order valence-electron chi connectivity index (χ4n) is 2.33. The summed E-state index contributed by atoms with van der Waals surface area (Å²) in [6.45, 7) is 0.238. The van der Waals surface area contributed by atoms with E-state index in [1.165, 1.54) is 14.2 Å². The van der Waals surface area contributed by atoms with Gasteiger partial charge in [-0.25, -0.2) is 0 Å². The smallest absolute Gasteiger partial charge is 0.255 e. The number of rotatable bonds is 5. The van der Waals surface area contributed by atoms with Crippen molar-refractivity contribution in [1.29, 1.82) is 0 Å². The van der Waals surface area contributed by atoms with E-state index in [9.17, 15) is 4.79 Å². The molecule has 3 aromatic rings. The molecule has 1 N–H and O–H groups in total. The number of fused-ring (bicyclic) bond motifs is 1. The lowest BCUT2D eigenvalue weighted by Crippen LogP contribution is -2.24. The van der Waals surface area contributed by atoms with E-state index >= 15 is 0 Å². The van der Waals surface area contributed by atoms with Crippen LogP contribution in [0.4, 0.5) is 0 Å². The second-order valence-electron chi connectivity index (χ2n) is 4.92. The molecule has 0 aliphatic carbocycles. The minimum absolute atomic E-state index is 0.238. The van der Waals surface area contributed by atoms with Crippen LogP contribution in [0.1, 0.15) is 16.2 Å². The molecular formula is C16H15BrN4O3. The van der Waals surface area contributed by atoms with Gasteiger partial charge in [0.2, 0.25) is 0 Å². The minimum atomic E-state index is -0.292. The number of amides is 1. The molecule has 0 spiro atoms. The van der Waals surface area contributed by atoms with Gasteiger partial charge in [0.05, 0.1) is 30.8 Å². The quantitative estimate of drug-likeness (QED) is 0.723. The van der Waals surface area contributed by atoms with Crippen LogP contribution in [0.3, 0.4) is 0 Å². The van der Waals surface area contributed by atoms with Gasteiger partial charge in [-0.3, -0.25) is 9.20 Å². The van der Waals surface area contributed by atoms with Crippen LogP contribution >= 0.6 is 15.9 Å². The van der Waals surface area contributed by atoms with Gasteiger partial charge in [-0.2, -0.15) is 0 Å². The first-order valence-electron chi connectivity index (χ1n) is 7.12. The van der Waals surface area contributed by atoms with Crippen LogP contribution in [0.5, 0.6) is 11.5 Å². The van der Waals surface area contributed by atoms with E-state index in [-0.39, 0.29) is 12.5 Å². The molecule has 0 bridgehead atoms. The van der Waals surface area contributed by atoms with Gasteiger partial charge in [0, 0.05) is 6.20 Å². The summed E-state index contributed by atoms with van der Waals surface area (Å²) >= 11 is 3.38. The number of benzene rings is 1. The Morgan fingerprint density at radius 3 is 2.83 bits per heavy atom. The molecular weight excluding hydrogens is 376 g/mol. The number of hydrogen-bond acceptors (Lipinski definition) is 5. The van der Waals surface area contributed by atoms with Gasteiger partial charge >= 0.3 is 0 Å². The fourth-order valence-corrected chi connectivity index (χ4v) is 2.93. The molecule has 0 radical (unpaired) electrons. The Balaban J connectivity index is 1.83. The topological polar surface area (TPSA) is 77.8 Å². The van der Waals surface area contributed by atoms with Crippen molar-refractivity contribution in [1.82, 2.24) is 19.9 Å². The summed E-state index contributed by atoms with van der Waals surface area (Å²) in [5.41, 5.74) is 1.10. The van der Waals surface area contributed by atoms with Crippen LogP contribution in [0.15, 0.2) is 41.0 Å². The molecule has 24 heavy (non-hydrogen) atoms. The highest BCUT2D eigenvalue weighted by atomic mass is 79.9. The molecule has 1 aromatic carbocycles. The summed E-state index contributed by atoms with van der Waals surface area (Å²) < 4.78 is 13.0. The first kappa shape index (κ1) is 16.3. The van der Waals surface area contributed by atoms with E-state index in [4.69, 9.17) is 9.47 Å². The maximum Gasteiger partial charge on any atom is 0.255 e. The standard InChI is InChI=1S/C16H15BrN4O3/c1-23-10-7-11(15(24-2)12(17)8-10)16(22)18-9-14-20-19-13-5-3-4-6-21(13)14/h3-8H,9H2,1-2H3,(H,18,22). The van der Waals surface area contributed by atoms with Crippen molar-refractivity contribution in [2.24, 2.45) is 0 Å². The Morgan fingerprint density at radius 1 is 1.25 bits per heavy atom. The van der Waals surface area contributed by atoms with Crippen molar-refractivity contribution in [3.05, 3.63) is 52.4 Å². The van der Waals surface area contributed by atoms with E-state index < -0.39 is 0 Å². The lowest BCUT2D eigenvalue weighted by molar-refractivity contribution is 0.0946. The van der Waals surface area contributed by atoms with Gasteiger partial charge in [-0.15, -0.1) is 10.2 Å². The number of carbonyl (C=O) groups excluding carboxylic acids is 1. The lowest BCUT2D eigenvalue weighted by atomic mass is 10.1. The van der Waals surface area contributed by atoms with Gasteiger partial charge in [0.15, 0.2) is 11.5 Å². The van der Waals surface area contributed by atoms with E-state index in [0.29, 0.717) is 27.4 Å². The molecule has 1 amide bonds. The predicted octanol–water partition coefficient (Wildman–Crippen LogP) is 2.44. The molecule has 3 rings (SSSR count). The number of aromatic nitrogens is 3. The van der Waals surface area contributed by atoms with Crippen LogP contribution in [0.25, 0.3) is 5.65 Å². The summed E-state index contributed by atoms with van der Waals surface area (Å²) in [6, 6.07) is 8.97. The number of halogens is 1. The third kappa shape index (κ3) is 3.05. The van der Waals surface area contributed by atoms with Gasteiger partial charge in [-0.05, 0) is 40.2 Å². The number of hydrogen-bond donors (Lipinski definition) is 1. The Labute approximate surface area is 146 Å². The molecule has 0 aliphatic heterocycles. The van der Waals surface area contributed by atoms with Gasteiger partial charge < -0.3 is 14.8 Å². The van der Waals surface area contributed by atoms with Gasteiger partial charge in [0.1, 0.15) is 11.5 Å². The number of nitrogens with zero attached hydrogens (tertiary/aromatic N) is 3. The highest BCUT2D eigenvalue weighted by Crippen LogP contribution is 2.33. The van der Waals surface area contributed by atoms with E-state index in [1.54, 1.807) is 12.1 Å². The summed E-state index contributed by atoms with van der Waals surface area (Å²) in [5.74, 6) is 1.35. The molecule has 2 aromatic heterocycles. The van der Waals surface area contributed by atoms with Crippen molar-refractivity contribution < 1.29 is 14.3 Å². The minimum Gasteiger partial charge on any atom is -0.497 e. The molecule has 8 heteroatoms. The van der Waals surface area contributed by atoms with Gasteiger partial charge in [0.25, 0.3) is 5.91 Å². The SMILES string of the molecule is COc1cc(Br)c(OC)c(C(=O)NCc2nnc3ccccn23)c1. The average Bonchev–Trinajstić information content (AvgIpc) is 3.02. The largest absolute Gasteiger partial charge is 0.497 e. The maximum atomic E-state index is 12.6. The normalized spacial score (nSPS) is 10.6. The molecule has 0 atom stereocenters.